The van der Waals surface area contributed by atoms with Gasteiger partial charge in [0, 0.05) is 6.61 Å². The first kappa shape index (κ1) is 16.2. The summed E-state index contributed by atoms with van der Waals surface area (Å²) in [5.41, 5.74) is 2.34. The predicted octanol–water partition coefficient (Wildman–Crippen LogP) is 4.75. The van der Waals surface area contributed by atoms with E-state index in [-0.39, 0.29) is 0 Å². The molecule has 1 aromatic carbocycles. The lowest BCUT2D eigenvalue weighted by atomic mass is 10.1. The first-order valence-corrected chi connectivity index (χ1v) is 9.42. The molecule has 1 atom stereocenters. The maximum absolute atomic E-state index is 6.26. The Morgan fingerprint density at radius 2 is 1.89 bits per heavy atom. The second-order valence-corrected chi connectivity index (χ2v) is 8.24. The molecule has 0 aliphatic rings. The molecule has 0 amide bonds. The van der Waals surface area contributed by atoms with Crippen molar-refractivity contribution in [1.82, 2.24) is 0 Å². The SMILES string of the molecule is C=Cc1ccccc1CO[Si](CC)(CCC)OCC. The van der Waals surface area contributed by atoms with Crippen LogP contribution < -0.4 is 0 Å². The summed E-state index contributed by atoms with van der Waals surface area (Å²) in [5, 5.41) is 0. The molecule has 0 aliphatic heterocycles. The molecule has 0 fully saturated rings. The number of rotatable bonds is 9. The van der Waals surface area contributed by atoms with Crippen LogP contribution in [-0.4, -0.2) is 15.2 Å². The topological polar surface area (TPSA) is 18.5 Å². The highest BCUT2D eigenvalue weighted by molar-refractivity contribution is 6.67. The maximum Gasteiger partial charge on any atom is 0.338 e. The van der Waals surface area contributed by atoms with Gasteiger partial charge >= 0.3 is 8.56 Å². The van der Waals surface area contributed by atoms with Crippen molar-refractivity contribution in [2.24, 2.45) is 0 Å². The average molecular weight is 278 g/mol. The standard InChI is InChI=1S/C16H26O2Si/c1-5-13-19(8-4,17-7-3)18-14-16-12-10-9-11-15(16)6-2/h6,9-12H,2,5,7-8,13-14H2,1,3-4H3. The third-order valence-corrected chi connectivity index (χ3v) is 7.17. The predicted molar refractivity (Wildman–Crippen MR) is 84.3 cm³/mol. The fourth-order valence-corrected chi connectivity index (χ4v) is 5.13. The largest absolute Gasteiger partial charge is 0.394 e. The summed E-state index contributed by atoms with van der Waals surface area (Å²) in [6.45, 7) is 11.6. The van der Waals surface area contributed by atoms with E-state index in [1.807, 2.05) is 25.1 Å². The Labute approximate surface area is 118 Å². The fraction of sp³-hybridized carbons (Fsp3) is 0.500. The molecule has 0 saturated heterocycles. The van der Waals surface area contributed by atoms with Crippen LogP contribution in [0.15, 0.2) is 30.8 Å². The van der Waals surface area contributed by atoms with Crippen LogP contribution in [0.25, 0.3) is 6.08 Å². The van der Waals surface area contributed by atoms with E-state index in [0.717, 1.165) is 30.7 Å². The Morgan fingerprint density at radius 1 is 1.16 bits per heavy atom. The molecule has 3 heteroatoms. The monoisotopic (exact) mass is 278 g/mol. The van der Waals surface area contributed by atoms with Crippen LogP contribution in [-0.2, 0) is 15.5 Å². The van der Waals surface area contributed by atoms with Crippen molar-refractivity contribution in [3.8, 4) is 0 Å². The highest BCUT2D eigenvalue weighted by atomic mass is 28.4. The van der Waals surface area contributed by atoms with Crippen molar-refractivity contribution in [1.29, 1.82) is 0 Å². The Hall–Kier alpha value is -0.903. The van der Waals surface area contributed by atoms with Gasteiger partial charge in [-0.05, 0) is 30.1 Å². The van der Waals surface area contributed by atoms with Gasteiger partial charge in [0.05, 0.1) is 6.61 Å². The third-order valence-electron chi connectivity index (χ3n) is 3.34. The molecule has 0 saturated carbocycles. The fourth-order valence-electron chi connectivity index (χ4n) is 2.28. The Bertz CT molecular complexity index is 384. The van der Waals surface area contributed by atoms with Crippen LogP contribution in [0.2, 0.25) is 12.1 Å². The molecule has 19 heavy (non-hydrogen) atoms. The molecule has 2 nitrogen and oxygen atoms in total. The lowest BCUT2D eigenvalue weighted by Crippen LogP contribution is -2.41. The molecule has 0 radical (unpaired) electrons. The third kappa shape index (κ3) is 4.60. The van der Waals surface area contributed by atoms with E-state index in [4.69, 9.17) is 8.85 Å². The minimum atomic E-state index is -2.02. The summed E-state index contributed by atoms with van der Waals surface area (Å²) in [6.07, 6.45) is 3.00. The molecule has 0 heterocycles. The molecule has 0 aliphatic carbocycles. The Morgan fingerprint density at radius 3 is 2.47 bits per heavy atom. The first-order chi connectivity index (χ1) is 9.21. The molecule has 0 N–H and O–H groups in total. The highest BCUT2D eigenvalue weighted by Gasteiger charge is 2.34. The highest BCUT2D eigenvalue weighted by Crippen LogP contribution is 2.23. The second-order valence-electron chi connectivity index (χ2n) is 4.64. The van der Waals surface area contributed by atoms with Gasteiger partial charge in [0.2, 0.25) is 0 Å². The van der Waals surface area contributed by atoms with E-state index in [1.54, 1.807) is 0 Å². The van der Waals surface area contributed by atoms with Gasteiger partial charge in [0.1, 0.15) is 0 Å². The van der Waals surface area contributed by atoms with Crippen LogP contribution in [0.1, 0.15) is 38.3 Å². The van der Waals surface area contributed by atoms with Crippen molar-refractivity contribution in [3.05, 3.63) is 42.0 Å². The summed E-state index contributed by atoms with van der Waals surface area (Å²) in [5.74, 6) is 0. The number of hydrogen-bond donors (Lipinski definition) is 0. The van der Waals surface area contributed by atoms with Crippen molar-refractivity contribution >= 4 is 14.6 Å². The van der Waals surface area contributed by atoms with Crippen molar-refractivity contribution in [2.75, 3.05) is 6.61 Å². The second kappa shape index (κ2) is 8.30. The van der Waals surface area contributed by atoms with E-state index < -0.39 is 8.56 Å². The molecule has 0 bridgehead atoms. The maximum atomic E-state index is 6.26. The van der Waals surface area contributed by atoms with Crippen molar-refractivity contribution in [3.63, 3.8) is 0 Å². The van der Waals surface area contributed by atoms with Crippen molar-refractivity contribution in [2.45, 2.75) is 45.9 Å². The minimum Gasteiger partial charge on any atom is -0.394 e. The van der Waals surface area contributed by atoms with Crippen LogP contribution in [0.3, 0.4) is 0 Å². The lowest BCUT2D eigenvalue weighted by molar-refractivity contribution is 0.167. The zero-order valence-corrected chi connectivity index (χ0v) is 13.4. The number of hydrogen-bond acceptors (Lipinski definition) is 2. The first-order valence-electron chi connectivity index (χ1n) is 7.19. The summed E-state index contributed by atoms with van der Waals surface area (Å²) >= 11 is 0. The molecule has 1 unspecified atom stereocenters. The van der Waals surface area contributed by atoms with Gasteiger partial charge in [-0.2, -0.15) is 0 Å². The van der Waals surface area contributed by atoms with Gasteiger partial charge in [-0.3, -0.25) is 0 Å². The summed E-state index contributed by atoms with van der Waals surface area (Å²) in [4.78, 5) is 0. The minimum absolute atomic E-state index is 0.627. The molecular weight excluding hydrogens is 252 g/mol. The summed E-state index contributed by atoms with van der Waals surface area (Å²) in [6, 6.07) is 10.3. The molecule has 1 aromatic rings. The van der Waals surface area contributed by atoms with Crippen LogP contribution in [0.4, 0.5) is 0 Å². The smallest absolute Gasteiger partial charge is 0.338 e. The normalized spacial score (nSPS) is 14.1. The van der Waals surface area contributed by atoms with Gasteiger partial charge in [0.25, 0.3) is 0 Å². The Kier molecular flexibility index (Phi) is 7.06. The van der Waals surface area contributed by atoms with Gasteiger partial charge in [-0.15, -0.1) is 0 Å². The molecular formula is C16H26O2Si. The molecule has 1 rings (SSSR count). The zero-order valence-electron chi connectivity index (χ0n) is 12.4. The summed E-state index contributed by atoms with van der Waals surface area (Å²) in [7, 11) is -2.02. The van der Waals surface area contributed by atoms with Gasteiger partial charge in [-0.25, -0.2) is 0 Å². The van der Waals surface area contributed by atoms with Gasteiger partial charge < -0.3 is 8.85 Å². The molecule has 0 spiro atoms. The van der Waals surface area contributed by atoms with Crippen molar-refractivity contribution < 1.29 is 8.85 Å². The van der Waals surface area contributed by atoms with E-state index in [2.05, 4.69) is 32.6 Å². The van der Waals surface area contributed by atoms with Crippen LogP contribution in [0, 0.1) is 0 Å². The van der Waals surface area contributed by atoms with E-state index in [9.17, 15) is 0 Å². The van der Waals surface area contributed by atoms with Crippen LogP contribution >= 0.6 is 0 Å². The van der Waals surface area contributed by atoms with Gasteiger partial charge in [-0.1, -0.05) is 57.2 Å². The average Bonchev–Trinajstić information content (AvgIpc) is 2.45. The quantitative estimate of drug-likeness (QED) is 0.607. The molecule has 0 aromatic heterocycles. The van der Waals surface area contributed by atoms with Crippen LogP contribution in [0.5, 0.6) is 0 Å². The summed E-state index contributed by atoms with van der Waals surface area (Å²) < 4.78 is 12.3. The van der Waals surface area contributed by atoms with Gasteiger partial charge in [0.15, 0.2) is 0 Å². The Balaban J connectivity index is 2.77. The number of benzene rings is 1. The lowest BCUT2D eigenvalue weighted by Gasteiger charge is -2.29. The zero-order chi connectivity index (χ0) is 14.1. The van der Waals surface area contributed by atoms with E-state index >= 15 is 0 Å². The molecule has 106 valence electrons. The van der Waals surface area contributed by atoms with E-state index in [1.165, 1.54) is 5.56 Å². The van der Waals surface area contributed by atoms with E-state index in [0.29, 0.717) is 6.61 Å².